The molecule has 2 N–H and O–H groups in total. The van der Waals surface area contributed by atoms with E-state index in [1.165, 1.54) is 128 Å². The van der Waals surface area contributed by atoms with Gasteiger partial charge in [0.2, 0.25) is 0 Å². The van der Waals surface area contributed by atoms with Gasteiger partial charge in [-0.2, -0.15) is 0 Å². The van der Waals surface area contributed by atoms with E-state index >= 15 is 0 Å². The van der Waals surface area contributed by atoms with Crippen molar-refractivity contribution < 1.29 is 19.1 Å². The Labute approximate surface area is 425 Å². The zero-order valence-electron chi connectivity index (χ0n) is 46.3. The lowest BCUT2D eigenvalue weighted by atomic mass is 9.44. The summed E-state index contributed by atoms with van der Waals surface area (Å²) in [6.45, 7) is 30.1. The lowest BCUT2D eigenvalue weighted by Gasteiger charge is -2.62. The Bertz CT molecular complexity index is 1680. The molecule has 8 fully saturated rings. The Morgan fingerprint density at radius 1 is 0.529 bits per heavy atom. The van der Waals surface area contributed by atoms with Gasteiger partial charge in [-0.15, -0.1) is 12.4 Å². The zero-order chi connectivity index (χ0) is 48.2. The summed E-state index contributed by atoms with van der Waals surface area (Å²) in [4.78, 5) is 28.3. The molecule has 0 saturated heterocycles. The third-order valence-corrected chi connectivity index (χ3v) is 25.0. The van der Waals surface area contributed by atoms with E-state index in [-0.39, 0.29) is 53.8 Å². The maximum absolute atomic E-state index is 14.2. The minimum absolute atomic E-state index is 0. The monoisotopic (exact) mass is 966 g/mol. The molecule has 0 aromatic carbocycles. The summed E-state index contributed by atoms with van der Waals surface area (Å²) < 4.78 is 13.3. The van der Waals surface area contributed by atoms with Crippen molar-refractivity contribution in [2.24, 2.45) is 122 Å². The molecular formula is C62H108ClNO4. The summed E-state index contributed by atoms with van der Waals surface area (Å²) in [5.74, 6) is 11.3. The van der Waals surface area contributed by atoms with Gasteiger partial charge < -0.3 is 15.2 Å². The van der Waals surface area contributed by atoms with E-state index in [0.717, 1.165) is 96.7 Å². The van der Waals surface area contributed by atoms with Crippen LogP contribution in [-0.2, 0) is 19.1 Å². The molecule has 392 valence electrons. The number of carbonyl (C=O) groups is 2. The Hall–Kier alpha value is -0.810. The van der Waals surface area contributed by atoms with E-state index in [4.69, 9.17) is 15.2 Å². The third kappa shape index (κ3) is 9.84. The van der Waals surface area contributed by atoms with Gasteiger partial charge in [0.05, 0.1) is 6.42 Å². The molecule has 0 aromatic heterocycles. The number of rotatable bonds is 17. The SMILES string of the molecule is CC[C@H](CC[C@@H](C)[C@H]1CC[C@H]2[C@H]3CCC4CCCC(OC(=O)CC(N)C(=O)OC5CCCC6CC[C@H]7[C@H](CC[C@]8(C)[C@@H]([C@H](C)CC[C@@H](CC)C(C)C)CC[C@@H]78)[C@]65C)[C@]4(C)[C@H]3CC[C@]12C)C(C)C.Cl. The summed E-state index contributed by atoms with van der Waals surface area (Å²) in [5, 5.41) is 0. The molecule has 5 nitrogen and oxygen atoms in total. The van der Waals surface area contributed by atoms with E-state index in [0.29, 0.717) is 34.5 Å². The molecule has 0 amide bonds. The van der Waals surface area contributed by atoms with Gasteiger partial charge in [0.1, 0.15) is 18.2 Å². The highest BCUT2D eigenvalue weighted by Crippen LogP contribution is 2.71. The Kier molecular flexibility index (Phi) is 17.7. The van der Waals surface area contributed by atoms with E-state index in [1.54, 1.807) is 0 Å². The maximum Gasteiger partial charge on any atom is 0.323 e. The highest BCUT2D eigenvalue weighted by molar-refractivity contribution is 5.85. The third-order valence-electron chi connectivity index (χ3n) is 25.0. The minimum atomic E-state index is -0.974. The van der Waals surface area contributed by atoms with Crippen LogP contribution >= 0.6 is 12.4 Å². The van der Waals surface area contributed by atoms with E-state index in [1.807, 2.05) is 0 Å². The molecule has 0 heterocycles. The van der Waals surface area contributed by atoms with Crippen LogP contribution < -0.4 is 5.73 Å². The highest BCUT2D eigenvalue weighted by Gasteiger charge is 2.65. The number of halogens is 1. The molecule has 68 heavy (non-hydrogen) atoms. The van der Waals surface area contributed by atoms with Crippen molar-refractivity contribution in [2.45, 2.75) is 262 Å². The van der Waals surface area contributed by atoms with E-state index < -0.39 is 6.04 Å². The highest BCUT2D eigenvalue weighted by atomic mass is 35.5. The van der Waals surface area contributed by atoms with Crippen molar-refractivity contribution in [2.75, 3.05) is 0 Å². The van der Waals surface area contributed by atoms with Crippen LogP contribution in [0.3, 0.4) is 0 Å². The first-order chi connectivity index (χ1) is 31.8. The van der Waals surface area contributed by atoms with Gasteiger partial charge in [0, 0.05) is 10.8 Å². The van der Waals surface area contributed by atoms with Crippen LogP contribution in [0, 0.1) is 116 Å². The van der Waals surface area contributed by atoms with Crippen LogP contribution in [0.5, 0.6) is 0 Å². The largest absolute Gasteiger partial charge is 0.462 e. The second-order valence-corrected chi connectivity index (χ2v) is 28.0. The summed E-state index contributed by atoms with van der Waals surface area (Å²) in [7, 11) is 0. The molecule has 8 saturated carbocycles. The first-order valence-electron chi connectivity index (χ1n) is 30.0. The average molecular weight is 967 g/mol. The van der Waals surface area contributed by atoms with Crippen molar-refractivity contribution in [3.63, 3.8) is 0 Å². The lowest BCUT2D eigenvalue weighted by Crippen LogP contribution is -2.59. The predicted molar refractivity (Wildman–Crippen MR) is 284 cm³/mol. The van der Waals surface area contributed by atoms with Crippen LogP contribution in [0.25, 0.3) is 0 Å². The zero-order valence-corrected chi connectivity index (χ0v) is 47.1. The first-order valence-corrected chi connectivity index (χ1v) is 30.0. The standard InChI is InChI=1S/C62H107NO4.ClH/c1-13-42(38(3)4)23-21-40(7)48-29-31-50-46-27-25-44-17-15-19-55(61(44,11)52(46)33-35-59(48,50)9)66-57(64)37-54(63)58(65)67-56-20-16-18-45-26-28-47-51-32-30-49(41(8)22-24-43(14-2)39(5)6)60(51,10)36-34-53(47)62(45,56)12;/h38-56H,13-37,63H2,1-12H3;1H/t40-,41-,42-,43-,44?,45?,46-,47-,48-,49-,50+,51+,52+,53+,54?,55?,56?,59-,60-,61+,62+;/m1./s1. The van der Waals surface area contributed by atoms with Crippen molar-refractivity contribution in [3.05, 3.63) is 0 Å². The average Bonchev–Trinajstić information content (AvgIpc) is 3.84. The van der Waals surface area contributed by atoms with Crippen molar-refractivity contribution >= 4 is 24.3 Å². The summed E-state index contributed by atoms with van der Waals surface area (Å²) in [5.41, 5.74) is 7.60. The molecule has 0 bridgehead atoms. The van der Waals surface area contributed by atoms with Gasteiger partial charge >= 0.3 is 11.9 Å². The fourth-order valence-corrected chi connectivity index (χ4v) is 21.0. The molecule has 8 aliphatic rings. The van der Waals surface area contributed by atoms with Crippen LogP contribution in [0.4, 0.5) is 0 Å². The van der Waals surface area contributed by atoms with Crippen molar-refractivity contribution in [1.82, 2.24) is 0 Å². The summed E-state index contributed by atoms with van der Waals surface area (Å²) in [6, 6.07) is -0.974. The molecule has 0 radical (unpaired) electrons. The molecule has 0 aromatic rings. The van der Waals surface area contributed by atoms with Gasteiger partial charge in [-0.05, 0) is 234 Å². The van der Waals surface area contributed by atoms with Crippen molar-refractivity contribution in [1.29, 1.82) is 0 Å². The predicted octanol–water partition coefficient (Wildman–Crippen LogP) is 16.5. The van der Waals surface area contributed by atoms with Gasteiger partial charge in [-0.1, -0.05) is 109 Å². The number of ether oxygens (including phenoxy) is 2. The molecule has 0 spiro atoms. The minimum Gasteiger partial charge on any atom is -0.462 e. The number of nitrogens with two attached hydrogens (primary N) is 1. The van der Waals surface area contributed by atoms with Crippen molar-refractivity contribution in [3.8, 4) is 0 Å². The number of hydrogen-bond donors (Lipinski definition) is 1. The van der Waals surface area contributed by atoms with Gasteiger partial charge in [0.15, 0.2) is 0 Å². The normalized spacial score (nSPS) is 44.1. The Morgan fingerprint density at radius 3 is 1.37 bits per heavy atom. The van der Waals surface area contributed by atoms with E-state index in [9.17, 15) is 9.59 Å². The molecule has 8 aliphatic carbocycles. The second-order valence-electron chi connectivity index (χ2n) is 28.0. The molecule has 0 aliphatic heterocycles. The van der Waals surface area contributed by atoms with E-state index in [2.05, 4.69) is 83.1 Å². The van der Waals surface area contributed by atoms with Gasteiger partial charge in [-0.3, -0.25) is 9.59 Å². The second kappa shape index (κ2) is 22.0. The number of fused-ring (bicyclic) bond motifs is 10. The molecular weight excluding hydrogens is 858 g/mol. The fourth-order valence-electron chi connectivity index (χ4n) is 21.0. The number of carbonyl (C=O) groups excluding carboxylic acids is 2. The van der Waals surface area contributed by atoms with Crippen LogP contribution in [0.15, 0.2) is 0 Å². The van der Waals surface area contributed by atoms with Crippen LogP contribution in [-0.4, -0.2) is 30.2 Å². The number of esters is 2. The smallest absolute Gasteiger partial charge is 0.323 e. The fraction of sp³-hybridized carbons (Fsp3) is 0.968. The first kappa shape index (κ1) is 55.0. The summed E-state index contributed by atoms with van der Waals surface area (Å²) in [6.07, 6.45) is 30.5. The number of hydrogen-bond acceptors (Lipinski definition) is 5. The maximum atomic E-state index is 14.2. The molecule has 8 rings (SSSR count). The summed E-state index contributed by atoms with van der Waals surface area (Å²) >= 11 is 0. The van der Waals surface area contributed by atoms with Crippen LogP contribution in [0.2, 0.25) is 0 Å². The lowest BCUT2D eigenvalue weighted by molar-refractivity contribution is -0.197. The van der Waals surface area contributed by atoms with Gasteiger partial charge in [-0.25, -0.2) is 0 Å². The van der Waals surface area contributed by atoms with Crippen LogP contribution in [0.1, 0.15) is 244 Å². The van der Waals surface area contributed by atoms with Gasteiger partial charge in [0.25, 0.3) is 0 Å². The molecule has 6 heteroatoms. The molecule has 21 atom stereocenters. The Balaban J connectivity index is 0.00000684. The Morgan fingerprint density at radius 2 is 0.956 bits per heavy atom. The topological polar surface area (TPSA) is 78.6 Å². The quantitative estimate of drug-likeness (QED) is 0.147. The molecule has 5 unspecified atom stereocenters.